The molecule has 0 saturated carbocycles. The highest BCUT2D eigenvalue weighted by molar-refractivity contribution is 7.88. The maximum absolute atomic E-state index is 12.4. The van der Waals surface area contributed by atoms with Crippen molar-refractivity contribution in [1.29, 1.82) is 0 Å². The van der Waals surface area contributed by atoms with Crippen LogP contribution in [0.3, 0.4) is 0 Å². The molecule has 2 aromatic heterocycles. The normalized spacial score (nSPS) is 16.3. The molecule has 1 amide bonds. The molecule has 1 N–H and O–H groups in total. The van der Waals surface area contributed by atoms with Gasteiger partial charge in [-0.25, -0.2) is 4.31 Å². The molecule has 0 unspecified atom stereocenters. The molecule has 1 aliphatic rings. The molecule has 9 heteroatoms. The topological polar surface area (TPSA) is 91.7 Å². The van der Waals surface area contributed by atoms with Crippen LogP contribution >= 0.6 is 11.3 Å². The molecule has 3 heterocycles. The number of nitrogens with one attached hydrogen (secondary N) is 1. The molecule has 0 bridgehead atoms. The van der Waals surface area contributed by atoms with Gasteiger partial charge in [0.25, 0.3) is 5.91 Å². The van der Waals surface area contributed by atoms with Crippen LogP contribution in [0.25, 0.3) is 0 Å². The molecule has 7 nitrogen and oxygen atoms in total. The fraction of sp³-hybridized carbons (Fsp3) is 0.133. The monoisotopic (exact) mass is 362 g/mol. The minimum Gasteiger partial charge on any atom is -0.345 e. The van der Waals surface area contributed by atoms with Crippen molar-refractivity contribution >= 4 is 33.2 Å². The smallest absolute Gasteiger partial charge is 0.345 e. The lowest BCUT2D eigenvalue weighted by atomic mass is 10.2. The van der Waals surface area contributed by atoms with E-state index in [0.717, 1.165) is 4.31 Å². The van der Waals surface area contributed by atoms with Gasteiger partial charge >= 0.3 is 10.2 Å². The fourth-order valence-electron chi connectivity index (χ4n) is 2.07. The molecular weight excluding hydrogens is 348 g/mol. The minimum atomic E-state index is -3.93. The molecule has 0 saturated heterocycles. The third-order valence-corrected chi connectivity index (χ3v) is 5.54. The van der Waals surface area contributed by atoms with Crippen molar-refractivity contribution in [3.8, 4) is 0 Å². The maximum Gasteiger partial charge on any atom is 0.345 e. The number of hydrogen-bond donors (Lipinski definition) is 1. The lowest BCUT2D eigenvalue weighted by Crippen LogP contribution is -2.38. The second-order valence-corrected chi connectivity index (χ2v) is 7.51. The number of carbonyl (C=O) groups excluding carboxylic acids is 1. The second-order valence-electron chi connectivity index (χ2n) is 4.93. The number of carbonyl (C=O) groups is 1. The first-order chi connectivity index (χ1) is 11.5. The molecular formula is C15H14N4O3S2. The number of allylic oxidation sites excluding steroid dienone is 1. The van der Waals surface area contributed by atoms with Gasteiger partial charge in [0.05, 0.1) is 22.8 Å². The lowest BCUT2D eigenvalue weighted by Gasteiger charge is -2.23. The van der Waals surface area contributed by atoms with Crippen molar-refractivity contribution in [1.82, 2.24) is 14.6 Å². The average Bonchev–Trinajstić information content (AvgIpc) is 3.10. The molecule has 2 aromatic rings. The number of rotatable bonds is 4. The largest absolute Gasteiger partial charge is 0.345 e. The summed E-state index contributed by atoms with van der Waals surface area (Å²) in [4.78, 5) is 17.2. The zero-order valence-electron chi connectivity index (χ0n) is 12.7. The molecule has 0 fully saturated rings. The van der Waals surface area contributed by atoms with Crippen LogP contribution in [-0.4, -0.2) is 36.4 Å². The molecule has 0 radical (unpaired) electrons. The highest BCUT2D eigenvalue weighted by Crippen LogP contribution is 2.21. The number of nitrogens with zero attached hydrogens (tertiary/aromatic N) is 3. The number of amides is 1. The molecule has 0 atom stereocenters. The second kappa shape index (κ2) is 6.54. The first-order valence-electron chi connectivity index (χ1n) is 7.00. The zero-order valence-corrected chi connectivity index (χ0v) is 14.3. The van der Waals surface area contributed by atoms with Gasteiger partial charge in [0, 0.05) is 13.2 Å². The summed E-state index contributed by atoms with van der Waals surface area (Å²) >= 11 is 1.36. The summed E-state index contributed by atoms with van der Waals surface area (Å²) in [5.41, 5.74) is 0.954. The Morgan fingerprint density at radius 1 is 1.29 bits per heavy atom. The average molecular weight is 362 g/mol. The first kappa shape index (κ1) is 16.3. The zero-order chi connectivity index (χ0) is 17.2. The van der Waals surface area contributed by atoms with Crippen molar-refractivity contribution < 1.29 is 13.2 Å². The van der Waals surface area contributed by atoms with E-state index in [1.807, 2.05) is 11.4 Å². The van der Waals surface area contributed by atoms with Gasteiger partial charge < -0.3 is 5.32 Å². The Morgan fingerprint density at radius 2 is 2.12 bits per heavy atom. The molecule has 0 spiro atoms. The van der Waals surface area contributed by atoms with Gasteiger partial charge in [-0.05, 0) is 29.7 Å². The van der Waals surface area contributed by atoms with Crippen LogP contribution < -0.4 is 5.32 Å². The number of thiophene rings is 1. The van der Waals surface area contributed by atoms with Crippen molar-refractivity contribution in [2.45, 2.75) is 6.54 Å². The summed E-state index contributed by atoms with van der Waals surface area (Å²) in [6.07, 6.45) is 3.10. The number of hydrogen-bond acceptors (Lipinski definition) is 5. The van der Waals surface area contributed by atoms with E-state index in [1.54, 1.807) is 30.5 Å². The summed E-state index contributed by atoms with van der Waals surface area (Å²) in [5.74, 6) is -0.504. The van der Waals surface area contributed by atoms with E-state index >= 15 is 0 Å². The molecule has 124 valence electrons. The Kier molecular flexibility index (Phi) is 4.45. The van der Waals surface area contributed by atoms with Crippen molar-refractivity contribution in [3.05, 3.63) is 64.3 Å². The van der Waals surface area contributed by atoms with Gasteiger partial charge in [0.15, 0.2) is 0 Å². The van der Waals surface area contributed by atoms with Crippen LogP contribution in [0.2, 0.25) is 0 Å². The van der Waals surface area contributed by atoms with Gasteiger partial charge in [-0.15, -0.1) is 15.7 Å². The minimum absolute atomic E-state index is 0.0179. The van der Waals surface area contributed by atoms with Gasteiger partial charge in [0.1, 0.15) is 5.70 Å². The van der Waals surface area contributed by atoms with E-state index in [0.29, 0.717) is 10.6 Å². The Morgan fingerprint density at radius 3 is 2.79 bits per heavy atom. The quantitative estimate of drug-likeness (QED) is 0.888. The fourth-order valence-corrected chi connectivity index (χ4v) is 3.72. The Hall–Kier alpha value is -2.52. The number of pyridine rings is 1. The van der Waals surface area contributed by atoms with Gasteiger partial charge in [-0.1, -0.05) is 12.1 Å². The van der Waals surface area contributed by atoms with Crippen LogP contribution in [0.4, 0.5) is 0 Å². The standard InChI is InChI=1S/C15H14N4O3S2/c1-19-13(15(20)17-10-11-5-2-3-7-16-11)9-12(18-24(19,21)22)14-6-4-8-23-14/h2-9H,10H2,1H3,(H,17,20). The SMILES string of the molecule is CN1C(C(=O)NCc2ccccn2)=CC(c2cccs2)=NS1(=O)=O. The highest BCUT2D eigenvalue weighted by Gasteiger charge is 2.30. The maximum atomic E-state index is 12.4. The third-order valence-electron chi connectivity index (χ3n) is 3.33. The summed E-state index contributed by atoms with van der Waals surface area (Å²) in [7, 11) is -2.63. The van der Waals surface area contributed by atoms with Crippen LogP contribution in [-0.2, 0) is 21.5 Å². The molecule has 3 rings (SSSR count). The Labute approximate surface area is 143 Å². The summed E-state index contributed by atoms with van der Waals surface area (Å²) in [6.45, 7) is 0.205. The van der Waals surface area contributed by atoms with Crippen molar-refractivity contribution in [2.75, 3.05) is 7.05 Å². The predicted octanol–water partition coefficient (Wildman–Crippen LogP) is 1.32. The summed E-state index contributed by atoms with van der Waals surface area (Å²) in [6, 6.07) is 8.91. The van der Waals surface area contributed by atoms with Crippen molar-refractivity contribution in [2.24, 2.45) is 4.40 Å². The van der Waals surface area contributed by atoms with E-state index < -0.39 is 16.1 Å². The van der Waals surface area contributed by atoms with E-state index in [1.165, 1.54) is 24.5 Å². The summed E-state index contributed by atoms with van der Waals surface area (Å²) in [5, 5.41) is 4.49. The van der Waals surface area contributed by atoms with Crippen LogP contribution in [0, 0.1) is 0 Å². The first-order valence-corrected chi connectivity index (χ1v) is 9.27. The summed E-state index contributed by atoms with van der Waals surface area (Å²) < 4.78 is 29.0. The number of likely N-dealkylation sites (N-methyl/N-ethyl adjacent to an activating group) is 1. The molecule has 0 aliphatic carbocycles. The Bertz CT molecular complexity index is 903. The molecule has 1 aliphatic heterocycles. The van der Waals surface area contributed by atoms with E-state index in [9.17, 15) is 13.2 Å². The van der Waals surface area contributed by atoms with Gasteiger partial charge in [-0.2, -0.15) is 8.42 Å². The van der Waals surface area contributed by atoms with Crippen molar-refractivity contribution in [3.63, 3.8) is 0 Å². The third kappa shape index (κ3) is 3.36. The molecule has 24 heavy (non-hydrogen) atoms. The van der Waals surface area contributed by atoms with Crippen LogP contribution in [0.1, 0.15) is 10.6 Å². The predicted molar refractivity (Wildman–Crippen MR) is 91.7 cm³/mol. The molecule has 0 aromatic carbocycles. The van der Waals surface area contributed by atoms with E-state index in [-0.39, 0.29) is 18.0 Å². The lowest BCUT2D eigenvalue weighted by molar-refractivity contribution is -0.118. The number of aromatic nitrogens is 1. The van der Waals surface area contributed by atoms with Crippen LogP contribution in [0.15, 0.2) is 58.1 Å². The highest BCUT2D eigenvalue weighted by atomic mass is 32.2. The van der Waals surface area contributed by atoms with E-state index in [4.69, 9.17) is 0 Å². The Balaban J connectivity index is 1.85. The van der Waals surface area contributed by atoms with Gasteiger partial charge in [-0.3, -0.25) is 9.78 Å². The van der Waals surface area contributed by atoms with E-state index in [2.05, 4.69) is 14.7 Å². The van der Waals surface area contributed by atoms with Crippen LogP contribution in [0.5, 0.6) is 0 Å². The van der Waals surface area contributed by atoms with Gasteiger partial charge in [0.2, 0.25) is 0 Å².